The Kier molecular flexibility index (Phi) is 2.54. The molecule has 0 bridgehead atoms. The number of aromatic amines is 1. The van der Waals surface area contributed by atoms with Crippen molar-refractivity contribution in [3.05, 3.63) is 30.0 Å². The summed E-state index contributed by atoms with van der Waals surface area (Å²) in [7, 11) is 1.18. The summed E-state index contributed by atoms with van der Waals surface area (Å²) in [5.41, 5.74) is 0.872. The summed E-state index contributed by atoms with van der Waals surface area (Å²) in [6.07, 6.45) is 0.197. The van der Waals surface area contributed by atoms with Crippen molar-refractivity contribution in [1.82, 2.24) is 4.98 Å². The molecule has 1 unspecified atom stereocenters. The Morgan fingerprint density at radius 3 is 2.88 bits per heavy atom. The topological polar surface area (TPSA) is 82.5 Å². The highest BCUT2D eigenvalue weighted by atomic mass is 16.5. The summed E-state index contributed by atoms with van der Waals surface area (Å²) in [6, 6.07) is 4.82. The van der Waals surface area contributed by atoms with E-state index in [2.05, 4.69) is 9.72 Å². The SMILES string of the molecule is COC(=O)C(O)c1ccc2[nH]ccc2c1O. The number of H-pyrrole nitrogens is 1. The molecule has 0 aliphatic carbocycles. The zero-order chi connectivity index (χ0) is 11.7. The number of fused-ring (bicyclic) bond motifs is 1. The molecular weight excluding hydrogens is 210 g/mol. The van der Waals surface area contributed by atoms with E-state index in [0.717, 1.165) is 5.52 Å². The Morgan fingerprint density at radius 1 is 1.44 bits per heavy atom. The third-order valence-electron chi connectivity index (χ3n) is 2.46. The average Bonchev–Trinajstić information content (AvgIpc) is 2.76. The molecule has 2 aromatic rings. The predicted molar refractivity (Wildman–Crippen MR) is 56.9 cm³/mol. The van der Waals surface area contributed by atoms with Gasteiger partial charge in [-0.1, -0.05) is 6.07 Å². The molecule has 5 heteroatoms. The highest BCUT2D eigenvalue weighted by molar-refractivity contribution is 5.89. The van der Waals surface area contributed by atoms with Crippen LogP contribution in [0.2, 0.25) is 0 Å². The van der Waals surface area contributed by atoms with E-state index in [1.54, 1.807) is 18.3 Å². The lowest BCUT2D eigenvalue weighted by atomic mass is 10.1. The minimum Gasteiger partial charge on any atom is -0.507 e. The molecule has 1 heterocycles. The number of methoxy groups -OCH3 is 1. The lowest BCUT2D eigenvalue weighted by Gasteiger charge is -2.10. The molecule has 16 heavy (non-hydrogen) atoms. The van der Waals surface area contributed by atoms with E-state index in [4.69, 9.17) is 0 Å². The Labute approximate surface area is 91.3 Å². The maximum Gasteiger partial charge on any atom is 0.339 e. The molecule has 0 aliphatic rings. The second-order valence-corrected chi connectivity index (χ2v) is 3.37. The van der Waals surface area contributed by atoms with Crippen LogP contribution >= 0.6 is 0 Å². The molecule has 1 aromatic heterocycles. The number of benzene rings is 1. The van der Waals surface area contributed by atoms with Gasteiger partial charge in [-0.05, 0) is 12.1 Å². The fraction of sp³-hybridized carbons (Fsp3) is 0.182. The van der Waals surface area contributed by atoms with Crippen LogP contribution in [0.25, 0.3) is 10.9 Å². The number of phenolic OH excluding ortho intramolecular Hbond substituents is 1. The van der Waals surface area contributed by atoms with Crippen LogP contribution in [0.4, 0.5) is 0 Å². The molecule has 1 atom stereocenters. The minimum absolute atomic E-state index is 0.114. The Morgan fingerprint density at radius 2 is 2.19 bits per heavy atom. The molecule has 0 radical (unpaired) electrons. The number of aromatic nitrogens is 1. The second-order valence-electron chi connectivity index (χ2n) is 3.37. The fourth-order valence-electron chi connectivity index (χ4n) is 1.59. The zero-order valence-electron chi connectivity index (χ0n) is 8.60. The number of ether oxygens (including phenoxy) is 1. The summed E-state index contributed by atoms with van der Waals surface area (Å²) in [4.78, 5) is 14.1. The summed E-state index contributed by atoms with van der Waals surface area (Å²) < 4.78 is 4.41. The number of carbonyl (C=O) groups excluding carboxylic acids is 1. The molecule has 5 nitrogen and oxygen atoms in total. The van der Waals surface area contributed by atoms with Crippen LogP contribution in [0.1, 0.15) is 11.7 Å². The molecule has 0 saturated heterocycles. The van der Waals surface area contributed by atoms with Crippen LogP contribution in [0.5, 0.6) is 5.75 Å². The molecule has 2 rings (SSSR count). The van der Waals surface area contributed by atoms with Gasteiger partial charge < -0.3 is 19.9 Å². The van der Waals surface area contributed by atoms with Gasteiger partial charge in [-0.3, -0.25) is 0 Å². The van der Waals surface area contributed by atoms with E-state index in [0.29, 0.717) is 5.39 Å². The first-order chi connectivity index (χ1) is 7.65. The summed E-state index contributed by atoms with van der Waals surface area (Å²) in [5.74, 6) is -0.915. The van der Waals surface area contributed by atoms with Gasteiger partial charge >= 0.3 is 5.97 Å². The first-order valence-corrected chi connectivity index (χ1v) is 4.70. The highest BCUT2D eigenvalue weighted by Crippen LogP contribution is 2.32. The van der Waals surface area contributed by atoms with Gasteiger partial charge in [0.1, 0.15) is 5.75 Å². The van der Waals surface area contributed by atoms with Gasteiger partial charge in [0.15, 0.2) is 6.10 Å². The van der Waals surface area contributed by atoms with Crippen LogP contribution in [0.15, 0.2) is 24.4 Å². The zero-order valence-corrected chi connectivity index (χ0v) is 8.60. The van der Waals surface area contributed by atoms with Crippen molar-refractivity contribution in [3.8, 4) is 5.75 Å². The number of hydrogen-bond acceptors (Lipinski definition) is 4. The van der Waals surface area contributed by atoms with Crippen LogP contribution in [0, 0.1) is 0 Å². The number of hydrogen-bond donors (Lipinski definition) is 3. The van der Waals surface area contributed by atoms with Crippen molar-refractivity contribution in [2.45, 2.75) is 6.10 Å². The standard InChI is InChI=1S/C11H11NO4/c1-16-11(15)10(14)7-2-3-8-6(9(7)13)4-5-12-8/h2-5,10,12-14H,1H3. The minimum atomic E-state index is -1.47. The highest BCUT2D eigenvalue weighted by Gasteiger charge is 2.22. The van der Waals surface area contributed by atoms with Gasteiger partial charge in [0, 0.05) is 22.7 Å². The Bertz CT molecular complexity index is 532. The molecule has 3 N–H and O–H groups in total. The third kappa shape index (κ3) is 1.51. The van der Waals surface area contributed by atoms with Crippen LogP contribution in [0.3, 0.4) is 0 Å². The van der Waals surface area contributed by atoms with Crippen molar-refractivity contribution in [2.24, 2.45) is 0 Å². The number of aliphatic hydroxyl groups excluding tert-OH is 1. The number of carbonyl (C=O) groups is 1. The summed E-state index contributed by atoms with van der Waals surface area (Å²) in [5, 5.41) is 20.0. The van der Waals surface area contributed by atoms with Gasteiger partial charge in [0.2, 0.25) is 0 Å². The lowest BCUT2D eigenvalue weighted by Crippen LogP contribution is -2.13. The molecule has 84 valence electrons. The third-order valence-corrected chi connectivity index (χ3v) is 2.46. The number of phenols is 1. The molecule has 1 aromatic carbocycles. The van der Waals surface area contributed by atoms with Gasteiger partial charge in [-0.2, -0.15) is 0 Å². The van der Waals surface area contributed by atoms with E-state index in [1.807, 2.05) is 0 Å². The van der Waals surface area contributed by atoms with Crippen molar-refractivity contribution in [1.29, 1.82) is 0 Å². The predicted octanol–water partition coefficient (Wildman–Crippen LogP) is 1.08. The smallest absolute Gasteiger partial charge is 0.339 e. The molecular formula is C11H11NO4. The van der Waals surface area contributed by atoms with Crippen LogP contribution < -0.4 is 0 Å². The summed E-state index contributed by atoms with van der Waals surface area (Å²) in [6.45, 7) is 0. The number of nitrogens with one attached hydrogen (secondary N) is 1. The molecule has 0 fully saturated rings. The summed E-state index contributed by atoms with van der Waals surface area (Å²) >= 11 is 0. The van der Waals surface area contributed by atoms with Crippen LogP contribution in [-0.4, -0.2) is 28.3 Å². The van der Waals surface area contributed by atoms with Crippen molar-refractivity contribution in [2.75, 3.05) is 7.11 Å². The second kappa shape index (κ2) is 3.86. The monoisotopic (exact) mass is 221 g/mol. The lowest BCUT2D eigenvalue weighted by molar-refractivity contribution is -0.150. The number of esters is 1. The number of rotatable bonds is 2. The van der Waals surface area contributed by atoms with E-state index in [1.165, 1.54) is 13.2 Å². The fourth-order valence-corrected chi connectivity index (χ4v) is 1.59. The maximum absolute atomic E-state index is 11.1. The number of aliphatic hydroxyl groups is 1. The normalized spacial score (nSPS) is 12.6. The quantitative estimate of drug-likeness (QED) is 0.663. The van der Waals surface area contributed by atoms with Gasteiger partial charge in [0.25, 0.3) is 0 Å². The largest absolute Gasteiger partial charge is 0.507 e. The van der Waals surface area contributed by atoms with Crippen molar-refractivity contribution in [3.63, 3.8) is 0 Å². The Balaban J connectivity index is 2.52. The van der Waals surface area contributed by atoms with E-state index in [9.17, 15) is 15.0 Å². The van der Waals surface area contributed by atoms with E-state index in [-0.39, 0.29) is 11.3 Å². The molecule has 0 amide bonds. The van der Waals surface area contributed by atoms with Crippen LogP contribution in [-0.2, 0) is 9.53 Å². The van der Waals surface area contributed by atoms with Gasteiger partial charge in [-0.15, -0.1) is 0 Å². The first-order valence-electron chi connectivity index (χ1n) is 4.70. The Hall–Kier alpha value is -2.01. The van der Waals surface area contributed by atoms with Crippen molar-refractivity contribution < 1.29 is 19.7 Å². The molecule has 0 spiro atoms. The van der Waals surface area contributed by atoms with Gasteiger partial charge in [-0.25, -0.2) is 4.79 Å². The van der Waals surface area contributed by atoms with E-state index >= 15 is 0 Å². The maximum atomic E-state index is 11.1. The van der Waals surface area contributed by atoms with Crippen molar-refractivity contribution >= 4 is 16.9 Å². The first kappa shape index (κ1) is 10.5. The van der Waals surface area contributed by atoms with E-state index < -0.39 is 12.1 Å². The van der Waals surface area contributed by atoms with Gasteiger partial charge in [0.05, 0.1) is 7.11 Å². The molecule has 0 aliphatic heterocycles. The number of aromatic hydroxyl groups is 1. The average molecular weight is 221 g/mol. The molecule has 0 saturated carbocycles.